The molecule has 3 aromatic rings. The smallest absolute Gasteiger partial charge is 0.290 e. The maximum atomic E-state index is 13.2. The van der Waals surface area contributed by atoms with Gasteiger partial charge in [-0.15, -0.1) is 0 Å². The Balaban J connectivity index is 1.53. The fraction of sp³-hybridized carbons (Fsp3) is 0.241. The molecule has 0 saturated carbocycles. The number of aliphatic hydroxyl groups is 1. The molecule has 1 amide bonds. The molecular weight excluding hydrogens is 461 g/mol. The maximum Gasteiger partial charge on any atom is 0.290 e. The number of aliphatic hydroxyl groups excluding tert-OH is 1. The van der Waals surface area contributed by atoms with Crippen LogP contribution in [0.3, 0.4) is 0 Å². The molecule has 1 N–H and O–H groups in total. The van der Waals surface area contributed by atoms with E-state index < -0.39 is 17.7 Å². The molecule has 0 radical (unpaired) electrons. The van der Waals surface area contributed by atoms with Gasteiger partial charge in [0.2, 0.25) is 0 Å². The zero-order valence-corrected chi connectivity index (χ0v) is 20.0. The molecule has 0 spiro atoms. The molecule has 0 saturated heterocycles. The van der Waals surface area contributed by atoms with Gasteiger partial charge in [-0.05, 0) is 47.4 Å². The second kappa shape index (κ2) is 11.6. The van der Waals surface area contributed by atoms with Crippen LogP contribution in [0.4, 0.5) is 4.39 Å². The lowest BCUT2D eigenvalue weighted by Crippen LogP contribution is -2.34. The van der Waals surface area contributed by atoms with Crippen LogP contribution in [0.15, 0.2) is 90.2 Å². The minimum Gasteiger partial charge on any atom is -0.503 e. The highest BCUT2D eigenvalue weighted by molar-refractivity contribution is 6.09. The molecule has 1 aliphatic rings. The van der Waals surface area contributed by atoms with Gasteiger partial charge in [0.05, 0.1) is 18.2 Å². The first-order chi connectivity index (χ1) is 17.5. The van der Waals surface area contributed by atoms with Crippen LogP contribution >= 0.6 is 0 Å². The van der Waals surface area contributed by atoms with Crippen molar-refractivity contribution in [1.29, 1.82) is 0 Å². The summed E-state index contributed by atoms with van der Waals surface area (Å²) in [5, 5.41) is 10.7. The number of carbonyl (C=O) groups excluding carboxylic acids is 2. The zero-order valence-electron chi connectivity index (χ0n) is 20.0. The van der Waals surface area contributed by atoms with E-state index in [4.69, 9.17) is 9.47 Å². The number of amides is 1. The Hall–Kier alpha value is -3.97. The van der Waals surface area contributed by atoms with E-state index in [0.717, 1.165) is 11.1 Å². The lowest BCUT2D eigenvalue weighted by Gasteiger charge is -2.26. The van der Waals surface area contributed by atoms with Gasteiger partial charge in [0.1, 0.15) is 18.2 Å². The Kier molecular flexibility index (Phi) is 8.13. The molecule has 0 aliphatic carbocycles. The van der Waals surface area contributed by atoms with Crippen molar-refractivity contribution in [3.63, 3.8) is 0 Å². The summed E-state index contributed by atoms with van der Waals surface area (Å²) in [5.74, 6) is -1.09. The van der Waals surface area contributed by atoms with E-state index >= 15 is 0 Å². The second-order valence-electron chi connectivity index (χ2n) is 8.55. The Morgan fingerprint density at radius 3 is 2.33 bits per heavy atom. The molecule has 3 aromatic carbocycles. The van der Waals surface area contributed by atoms with E-state index in [-0.39, 0.29) is 43.4 Å². The van der Waals surface area contributed by atoms with Gasteiger partial charge in [-0.3, -0.25) is 9.59 Å². The summed E-state index contributed by atoms with van der Waals surface area (Å²) < 4.78 is 24.1. The quantitative estimate of drug-likeness (QED) is 0.413. The Morgan fingerprint density at radius 1 is 0.972 bits per heavy atom. The van der Waals surface area contributed by atoms with Gasteiger partial charge in [0.25, 0.3) is 5.91 Å². The van der Waals surface area contributed by atoms with Crippen molar-refractivity contribution in [1.82, 2.24) is 4.90 Å². The Labute approximate surface area is 209 Å². The highest BCUT2D eigenvalue weighted by Crippen LogP contribution is 2.38. The minimum absolute atomic E-state index is 0.104. The summed E-state index contributed by atoms with van der Waals surface area (Å²) in [7, 11) is 1.53. The molecule has 0 fully saturated rings. The van der Waals surface area contributed by atoms with E-state index in [1.54, 1.807) is 36.4 Å². The summed E-state index contributed by atoms with van der Waals surface area (Å²) in [6, 6.07) is 22.0. The van der Waals surface area contributed by atoms with Crippen molar-refractivity contribution in [3.8, 4) is 5.75 Å². The number of ether oxygens (including phenoxy) is 2. The Morgan fingerprint density at radius 2 is 1.67 bits per heavy atom. The van der Waals surface area contributed by atoms with Crippen molar-refractivity contribution in [2.24, 2.45) is 0 Å². The summed E-state index contributed by atoms with van der Waals surface area (Å²) >= 11 is 0. The van der Waals surface area contributed by atoms with Crippen molar-refractivity contribution < 1.29 is 28.6 Å². The molecule has 1 atom stereocenters. The van der Waals surface area contributed by atoms with E-state index in [0.29, 0.717) is 17.7 Å². The topological polar surface area (TPSA) is 76.1 Å². The van der Waals surface area contributed by atoms with Gasteiger partial charge in [-0.2, -0.15) is 0 Å². The van der Waals surface area contributed by atoms with Gasteiger partial charge in [0, 0.05) is 20.1 Å². The van der Waals surface area contributed by atoms with Crippen LogP contribution in [0.25, 0.3) is 0 Å². The fourth-order valence-electron chi connectivity index (χ4n) is 4.24. The lowest BCUT2D eigenvalue weighted by molar-refractivity contribution is -0.130. The van der Waals surface area contributed by atoms with Crippen LogP contribution in [0.5, 0.6) is 5.75 Å². The number of carbonyl (C=O) groups is 2. The highest BCUT2D eigenvalue weighted by Gasteiger charge is 2.42. The van der Waals surface area contributed by atoms with Gasteiger partial charge < -0.3 is 19.5 Å². The molecule has 7 heteroatoms. The SMILES string of the molecule is COCCN1C(=O)C(O)=C(C(=O)CCc2ccccc2)C1c1ccc(OCc2ccc(F)cc2)cc1. The predicted molar refractivity (Wildman–Crippen MR) is 133 cm³/mol. The number of rotatable bonds is 11. The molecule has 0 bridgehead atoms. The standard InChI is InChI=1S/C29H28FNO5/c1-35-18-17-31-27(22-10-14-24(15-11-22)36-19-21-7-12-23(30)13-8-21)26(28(33)29(31)34)25(32)16-9-20-5-3-2-4-6-20/h2-8,10-15,27,33H,9,16-19H2,1H3. The number of ketones is 1. The Bertz CT molecular complexity index is 1220. The predicted octanol–water partition coefficient (Wildman–Crippen LogP) is 4.95. The van der Waals surface area contributed by atoms with Crippen molar-refractivity contribution in [2.75, 3.05) is 20.3 Å². The molecule has 1 heterocycles. The third-order valence-electron chi connectivity index (χ3n) is 6.14. The highest BCUT2D eigenvalue weighted by atomic mass is 19.1. The van der Waals surface area contributed by atoms with Crippen molar-refractivity contribution in [3.05, 3.63) is 113 Å². The molecule has 1 unspecified atom stereocenters. The zero-order chi connectivity index (χ0) is 25.5. The maximum absolute atomic E-state index is 13.2. The minimum atomic E-state index is -0.720. The van der Waals surface area contributed by atoms with Crippen LogP contribution < -0.4 is 4.74 Å². The first-order valence-corrected chi connectivity index (χ1v) is 11.8. The molecule has 0 aromatic heterocycles. The van der Waals surface area contributed by atoms with Crippen LogP contribution in [0.2, 0.25) is 0 Å². The summed E-state index contributed by atoms with van der Waals surface area (Å²) in [4.78, 5) is 27.6. The largest absolute Gasteiger partial charge is 0.503 e. The average Bonchev–Trinajstić information content (AvgIpc) is 3.16. The third-order valence-corrected chi connectivity index (χ3v) is 6.14. The summed E-state index contributed by atoms with van der Waals surface area (Å²) in [6.07, 6.45) is 0.676. The van der Waals surface area contributed by atoms with Gasteiger partial charge in [0.15, 0.2) is 11.5 Å². The number of nitrogens with zero attached hydrogens (tertiary/aromatic N) is 1. The fourth-order valence-corrected chi connectivity index (χ4v) is 4.24. The van der Waals surface area contributed by atoms with E-state index in [2.05, 4.69) is 0 Å². The first-order valence-electron chi connectivity index (χ1n) is 11.8. The van der Waals surface area contributed by atoms with Gasteiger partial charge in [-0.25, -0.2) is 4.39 Å². The number of benzene rings is 3. The van der Waals surface area contributed by atoms with Gasteiger partial charge >= 0.3 is 0 Å². The third kappa shape index (κ3) is 5.80. The normalized spacial score (nSPS) is 15.4. The number of methoxy groups -OCH3 is 1. The molecule has 186 valence electrons. The molecule has 6 nitrogen and oxygen atoms in total. The van der Waals surface area contributed by atoms with Crippen molar-refractivity contribution >= 4 is 11.7 Å². The average molecular weight is 490 g/mol. The van der Waals surface area contributed by atoms with Crippen LogP contribution in [-0.2, 0) is 27.4 Å². The number of hydrogen-bond donors (Lipinski definition) is 1. The van der Waals surface area contributed by atoms with Gasteiger partial charge in [-0.1, -0.05) is 54.6 Å². The monoisotopic (exact) mass is 489 g/mol. The number of hydrogen-bond acceptors (Lipinski definition) is 5. The molecule has 4 rings (SSSR count). The van der Waals surface area contributed by atoms with E-state index in [1.807, 2.05) is 30.3 Å². The van der Waals surface area contributed by atoms with Crippen LogP contribution in [0, 0.1) is 5.82 Å². The van der Waals surface area contributed by atoms with E-state index in [1.165, 1.54) is 24.1 Å². The van der Waals surface area contributed by atoms with Crippen LogP contribution in [-0.4, -0.2) is 42.0 Å². The molecule has 36 heavy (non-hydrogen) atoms. The summed E-state index contributed by atoms with van der Waals surface area (Å²) in [6.45, 7) is 0.758. The van der Waals surface area contributed by atoms with Crippen LogP contribution in [0.1, 0.15) is 29.2 Å². The molecule has 1 aliphatic heterocycles. The van der Waals surface area contributed by atoms with Crippen molar-refractivity contribution in [2.45, 2.75) is 25.5 Å². The summed E-state index contributed by atoms with van der Waals surface area (Å²) in [5.41, 5.74) is 2.62. The lowest BCUT2D eigenvalue weighted by atomic mass is 9.93. The molecular formula is C29H28FNO5. The number of aryl methyl sites for hydroxylation is 1. The van der Waals surface area contributed by atoms with E-state index in [9.17, 15) is 19.1 Å². The number of halogens is 1. The second-order valence-corrected chi connectivity index (χ2v) is 8.55. The number of Topliss-reactive ketones (excluding diaryl/α,β-unsaturated/α-hetero) is 1. The first kappa shape index (κ1) is 25.1.